The van der Waals surface area contributed by atoms with E-state index in [-0.39, 0.29) is 65.8 Å². The van der Waals surface area contributed by atoms with Crippen molar-refractivity contribution in [3.8, 4) is 22.6 Å². The van der Waals surface area contributed by atoms with Crippen LogP contribution in [0.1, 0.15) is 66.4 Å². The number of ether oxygens (including phenoxy) is 5. The number of allylic oxidation sites excluding steroid dienone is 1. The molecule has 0 aliphatic carbocycles. The van der Waals surface area contributed by atoms with Crippen LogP contribution < -0.4 is 15.4 Å². The van der Waals surface area contributed by atoms with Gasteiger partial charge < -0.3 is 34.3 Å². The maximum Gasteiger partial charge on any atom is 0.339 e. The largest absolute Gasteiger partial charge is 0.490 e. The van der Waals surface area contributed by atoms with Gasteiger partial charge in [0.05, 0.1) is 16.7 Å². The van der Waals surface area contributed by atoms with E-state index in [1.165, 1.54) is 43.3 Å². The Bertz CT molecular complexity index is 2200. The molecule has 0 aromatic heterocycles. The molecule has 0 bridgehead atoms. The first kappa shape index (κ1) is 41.8. The Kier molecular flexibility index (Phi) is 14.5. The minimum Gasteiger partial charge on any atom is -0.490 e. The number of anilines is 2. The number of carbonyl (C=O) groups excluding carboxylic acids is 5. The van der Waals surface area contributed by atoms with Gasteiger partial charge in [-0.3, -0.25) is 9.59 Å². The van der Waals surface area contributed by atoms with Crippen molar-refractivity contribution in [3.63, 3.8) is 0 Å². The van der Waals surface area contributed by atoms with Gasteiger partial charge in [-0.15, -0.1) is 0 Å². The van der Waals surface area contributed by atoms with E-state index in [2.05, 4.69) is 36.4 Å². The second kappa shape index (κ2) is 19.4. The molecule has 0 saturated carbocycles. The van der Waals surface area contributed by atoms with Gasteiger partial charge >= 0.3 is 17.9 Å². The molecule has 4 rings (SSSR count). The highest BCUT2D eigenvalue weighted by molar-refractivity contribution is 6.11. The van der Waals surface area contributed by atoms with E-state index in [4.69, 9.17) is 23.7 Å². The highest BCUT2D eigenvalue weighted by Crippen LogP contribution is 2.31. The lowest BCUT2D eigenvalue weighted by Gasteiger charge is -2.15. The van der Waals surface area contributed by atoms with E-state index in [1.807, 2.05) is 45.2 Å². The number of esters is 3. The molecule has 0 heterocycles. The van der Waals surface area contributed by atoms with Gasteiger partial charge in [-0.25, -0.2) is 14.4 Å². The molecule has 0 saturated heterocycles. The van der Waals surface area contributed by atoms with Crippen molar-refractivity contribution in [3.05, 3.63) is 143 Å². The zero-order valence-electron chi connectivity index (χ0n) is 32.0. The van der Waals surface area contributed by atoms with E-state index in [9.17, 15) is 24.0 Å². The molecule has 0 spiro atoms. The lowest BCUT2D eigenvalue weighted by molar-refractivity contribution is -0.140. The van der Waals surface area contributed by atoms with E-state index < -0.39 is 23.8 Å². The number of hydrogen-bond acceptors (Lipinski definition) is 11. The Morgan fingerprint density at radius 2 is 1.16 bits per heavy atom. The maximum atomic E-state index is 13.9. The van der Waals surface area contributed by atoms with Crippen LogP contribution in [0.25, 0.3) is 11.1 Å². The minimum atomic E-state index is -0.814. The Labute approximate surface area is 325 Å². The zero-order valence-corrected chi connectivity index (χ0v) is 32.0. The van der Waals surface area contributed by atoms with Crippen LogP contribution in [-0.2, 0) is 23.7 Å². The summed E-state index contributed by atoms with van der Waals surface area (Å²) in [6.45, 7) is 17.6. The second-order valence-electron chi connectivity index (χ2n) is 12.7. The number of benzene rings is 4. The maximum absolute atomic E-state index is 13.9. The quantitative estimate of drug-likeness (QED) is 0.0191. The molecule has 4 aromatic carbocycles. The molecule has 0 radical (unpaired) electrons. The molecule has 0 aliphatic rings. The molecule has 290 valence electrons. The Balaban J connectivity index is 1.57. The molecule has 0 aliphatic heterocycles. The van der Waals surface area contributed by atoms with Crippen molar-refractivity contribution < 1.29 is 47.7 Å². The third-order valence-corrected chi connectivity index (χ3v) is 8.32. The lowest BCUT2D eigenvalue weighted by atomic mass is 9.95. The number of aldehydes is 1. The number of rotatable bonds is 18. The molecule has 12 heteroatoms. The summed E-state index contributed by atoms with van der Waals surface area (Å²) >= 11 is 0. The van der Waals surface area contributed by atoms with Crippen LogP contribution in [0.3, 0.4) is 0 Å². The number of nitrogens with one attached hydrogen (secondary N) is 2. The zero-order chi connectivity index (χ0) is 40.9. The molecule has 2 N–H and O–H groups in total. The topological polar surface area (TPSA) is 156 Å². The Hall–Kier alpha value is -6.95. The van der Waals surface area contributed by atoms with Crippen molar-refractivity contribution in [2.45, 2.75) is 27.7 Å². The third-order valence-electron chi connectivity index (χ3n) is 8.32. The predicted octanol–water partition coefficient (Wildman–Crippen LogP) is 8.41. The highest BCUT2D eigenvalue weighted by atomic mass is 16.6. The summed E-state index contributed by atoms with van der Waals surface area (Å²) in [6.07, 6.45) is 0.462. The number of carbonyl (C=O) groups is 5. The van der Waals surface area contributed by atoms with Crippen LogP contribution in [-0.4, -0.2) is 63.6 Å². The van der Waals surface area contributed by atoms with Crippen LogP contribution in [0.5, 0.6) is 11.5 Å². The molecule has 4 aromatic rings. The van der Waals surface area contributed by atoms with E-state index in [1.54, 1.807) is 13.0 Å². The summed E-state index contributed by atoms with van der Waals surface area (Å²) in [5, 5.41) is 6.01. The summed E-state index contributed by atoms with van der Waals surface area (Å²) in [6, 6.07) is 19.9. The van der Waals surface area contributed by atoms with Crippen molar-refractivity contribution in [1.29, 1.82) is 0 Å². The number of amides is 1. The van der Waals surface area contributed by atoms with Crippen LogP contribution in [0.4, 0.5) is 11.4 Å². The van der Waals surface area contributed by atoms with E-state index in [0.29, 0.717) is 23.3 Å². The lowest BCUT2D eigenvalue weighted by Crippen LogP contribution is -2.19. The average molecular weight is 761 g/mol. The fraction of sp³-hybridized carbons (Fsp3) is 0.205. The second-order valence-corrected chi connectivity index (χ2v) is 12.7. The van der Waals surface area contributed by atoms with Crippen LogP contribution in [0, 0.1) is 13.8 Å². The Morgan fingerprint density at radius 1 is 0.625 bits per heavy atom. The van der Waals surface area contributed by atoms with Gasteiger partial charge in [-0.05, 0) is 116 Å². The fourth-order valence-corrected chi connectivity index (χ4v) is 5.31. The average Bonchev–Trinajstić information content (AvgIpc) is 3.17. The van der Waals surface area contributed by atoms with Crippen molar-refractivity contribution in [2.75, 3.05) is 44.1 Å². The van der Waals surface area contributed by atoms with Gasteiger partial charge in [0, 0.05) is 29.6 Å². The summed E-state index contributed by atoms with van der Waals surface area (Å²) in [5.41, 5.74) is 6.20. The molecule has 1 amide bonds. The molecular weight excluding hydrogens is 716 g/mol. The van der Waals surface area contributed by atoms with Crippen LogP contribution >= 0.6 is 0 Å². The SMILES string of the molecule is C=C(C)C(=C)OCCOC(=O)c1ccc(Oc2ccc(C(=O)OCCOC(=O)C(=C)C)c(C=O)c2)cc1C(=O)Nc1ccc(-c2ccc(NC)cc2C)c(C)c1. The standard InChI is InChI=1S/C44H44N2O10/c1-26(2)30(7)52-17-18-55-44(51)39-16-12-35(56-34-11-15-38(31(23-34)25-47)43(50)54-20-19-53-42(49)27(3)4)24-40(39)41(48)46-33-10-14-37(29(6)22-33)36-13-9-32(45-8)21-28(36)5/h9-16,21-25,45H,1,3,7,17-20H2,2,4-6,8H3,(H,46,48). The van der Waals surface area contributed by atoms with Gasteiger partial charge in [0.25, 0.3) is 5.91 Å². The summed E-state index contributed by atoms with van der Waals surface area (Å²) in [7, 11) is 1.86. The fourth-order valence-electron chi connectivity index (χ4n) is 5.31. The molecule has 0 atom stereocenters. The normalized spacial score (nSPS) is 10.4. The molecule has 0 unspecified atom stereocenters. The van der Waals surface area contributed by atoms with Gasteiger partial charge in [-0.1, -0.05) is 31.9 Å². The van der Waals surface area contributed by atoms with E-state index in [0.717, 1.165) is 27.9 Å². The molecule has 56 heavy (non-hydrogen) atoms. The van der Waals surface area contributed by atoms with Crippen molar-refractivity contribution in [1.82, 2.24) is 0 Å². The monoisotopic (exact) mass is 760 g/mol. The minimum absolute atomic E-state index is 0.0218. The van der Waals surface area contributed by atoms with Crippen LogP contribution in [0.2, 0.25) is 0 Å². The predicted molar refractivity (Wildman–Crippen MR) is 213 cm³/mol. The van der Waals surface area contributed by atoms with Gasteiger partial charge in [-0.2, -0.15) is 0 Å². The Morgan fingerprint density at radius 3 is 1.73 bits per heavy atom. The summed E-state index contributed by atoms with van der Waals surface area (Å²) < 4.78 is 26.9. The first-order valence-corrected chi connectivity index (χ1v) is 17.5. The first-order valence-electron chi connectivity index (χ1n) is 17.5. The molecular formula is C44H44N2O10. The van der Waals surface area contributed by atoms with Gasteiger partial charge in [0.15, 0.2) is 6.29 Å². The van der Waals surface area contributed by atoms with Crippen LogP contribution in [0.15, 0.2) is 109 Å². The van der Waals surface area contributed by atoms with Crippen molar-refractivity contribution in [2.24, 2.45) is 0 Å². The third kappa shape index (κ3) is 11.0. The molecule has 0 fully saturated rings. The smallest absolute Gasteiger partial charge is 0.339 e. The highest BCUT2D eigenvalue weighted by Gasteiger charge is 2.22. The first-order chi connectivity index (χ1) is 26.7. The van der Waals surface area contributed by atoms with E-state index >= 15 is 0 Å². The van der Waals surface area contributed by atoms with Gasteiger partial charge in [0.2, 0.25) is 0 Å². The summed E-state index contributed by atoms with van der Waals surface area (Å²) in [4.78, 5) is 63.3. The summed E-state index contributed by atoms with van der Waals surface area (Å²) in [5.74, 6) is -2.17. The van der Waals surface area contributed by atoms with Gasteiger partial charge in [0.1, 0.15) is 43.7 Å². The number of hydrogen-bond donors (Lipinski definition) is 2. The number of aryl methyl sites for hydroxylation is 2. The molecule has 12 nitrogen and oxygen atoms in total. The van der Waals surface area contributed by atoms with Crippen molar-refractivity contribution >= 4 is 41.5 Å².